The number of hydrogen-bond donors (Lipinski definition) is 2. The van der Waals surface area contributed by atoms with Crippen molar-refractivity contribution in [3.63, 3.8) is 0 Å². The van der Waals surface area contributed by atoms with Crippen LogP contribution in [0.25, 0.3) is 0 Å². The molecule has 1 rings (SSSR count). The van der Waals surface area contributed by atoms with E-state index in [9.17, 15) is 9.59 Å². The van der Waals surface area contributed by atoms with Gasteiger partial charge in [0.05, 0.1) is 13.2 Å². The smallest absolute Gasteiger partial charge is 0.220 e. The van der Waals surface area contributed by atoms with Crippen LogP contribution in [0.3, 0.4) is 0 Å². The lowest BCUT2D eigenvalue weighted by atomic mass is 10.1. The Bertz CT molecular complexity index is 228. The quantitative estimate of drug-likeness (QED) is 0.696. The van der Waals surface area contributed by atoms with Crippen LogP contribution < -0.4 is 10.6 Å². The van der Waals surface area contributed by atoms with Crippen molar-refractivity contribution in [1.29, 1.82) is 0 Å². The first kappa shape index (κ1) is 15.2. The first-order valence-corrected chi connectivity index (χ1v) is 7.28. The minimum Gasteiger partial charge on any atom is -0.344 e. The van der Waals surface area contributed by atoms with E-state index in [0.29, 0.717) is 26.1 Å². The standard InChI is InChI=1S/C14H26N2O2/c17-13-9-7-5-3-1-2-4-6-8-10-14(18)16-12-15-11-13/h15H,1-12H2,(H,16,18). The van der Waals surface area contributed by atoms with Crippen molar-refractivity contribution >= 4 is 11.7 Å². The summed E-state index contributed by atoms with van der Waals surface area (Å²) >= 11 is 0. The Morgan fingerprint density at radius 3 is 1.94 bits per heavy atom. The van der Waals surface area contributed by atoms with Crippen molar-refractivity contribution in [1.82, 2.24) is 10.6 Å². The maximum Gasteiger partial charge on any atom is 0.220 e. The van der Waals surface area contributed by atoms with E-state index in [2.05, 4.69) is 10.6 Å². The lowest BCUT2D eigenvalue weighted by molar-refractivity contribution is -0.122. The van der Waals surface area contributed by atoms with Gasteiger partial charge in [-0.25, -0.2) is 0 Å². The zero-order valence-corrected chi connectivity index (χ0v) is 11.3. The Hall–Kier alpha value is -0.900. The Kier molecular flexibility index (Phi) is 8.47. The van der Waals surface area contributed by atoms with Crippen LogP contribution in [0.4, 0.5) is 0 Å². The zero-order valence-electron chi connectivity index (χ0n) is 11.3. The van der Waals surface area contributed by atoms with Gasteiger partial charge < -0.3 is 5.32 Å². The molecule has 0 aromatic carbocycles. The fraction of sp³-hybridized carbons (Fsp3) is 0.857. The molecule has 1 heterocycles. The van der Waals surface area contributed by atoms with Gasteiger partial charge in [-0.1, -0.05) is 38.5 Å². The van der Waals surface area contributed by atoms with Crippen molar-refractivity contribution in [3.8, 4) is 0 Å². The van der Waals surface area contributed by atoms with Crippen molar-refractivity contribution in [2.24, 2.45) is 0 Å². The predicted octanol–water partition coefficient (Wildman–Crippen LogP) is 2.13. The fourth-order valence-electron chi connectivity index (χ4n) is 2.21. The van der Waals surface area contributed by atoms with E-state index >= 15 is 0 Å². The highest BCUT2D eigenvalue weighted by Crippen LogP contribution is 2.10. The monoisotopic (exact) mass is 254 g/mol. The zero-order chi connectivity index (χ0) is 13.1. The summed E-state index contributed by atoms with van der Waals surface area (Å²) in [5.41, 5.74) is 0. The van der Waals surface area contributed by atoms with Crippen LogP contribution in [-0.2, 0) is 9.59 Å². The largest absolute Gasteiger partial charge is 0.344 e. The average Bonchev–Trinajstić information content (AvgIpc) is 2.35. The van der Waals surface area contributed by atoms with E-state index in [1.165, 1.54) is 32.1 Å². The van der Waals surface area contributed by atoms with Crippen LogP contribution >= 0.6 is 0 Å². The Balaban J connectivity index is 2.22. The molecular formula is C14H26N2O2. The van der Waals surface area contributed by atoms with Gasteiger partial charge in [0.15, 0.2) is 0 Å². The van der Waals surface area contributed by atoms with Crippen LogP contribution in [0.15, 0.2) is 0 Å². The van der Waals surface area contributed by atoms with Crippen LogP contribution in [-0.4, -0.2) is 24.9 Å². The maximum atomic E-state index is 11.5. The lowest BCUT2D eigenvalue weighted by Crippen LogP contribution is -2.36. The van der Waals surface area contributed by atoms with Gasteiger partial charge in [0.2, 0.25) is 5.91 Å². The molecule has 0 unspecified atom stereocenters. The minimum atomic E-state index is 0.0852. The fourth-order valence-corrected chi connectivity index (χ4v) is 2.21. The van der Waals surface area contributed by atoms with Crippen LogP contribution in [0.5, 0.6) is 0 Å². The highest BCUT2D eigenvalue weighted by Gasteiger charge is 2.04. The topological polar surface area (TPSA) is 58.2 Å². The molecule has 4 nitrogen and oxygen atoms in total. The summed E-state index contributed by atoms with van der Waals surface area (Å²) in [5.74, 6) is 0.332. The van der Waals surface area contributed by atoms with Crippen LogP contribution in [0.1, 0.15) is 64.2 Å². The Morgan fingerprint density at radius 2 is 1.28 bits per heavy atom. The maximum absolute atomic E-state index is 11.5. The molecule has 0 bridgehead atoms. The summed E-state index contributed by atoms with van der Waals surface area (Å²) in [7, 11) is 0. The lowest BCUT2D eigenvalue weighted by Gasteiger charge is -2.08. The van der Waals surface area contributed by atoms with Gasteiger partial charge in [-0.15, -0.1) is 0 Å². The van der Waals surface area contributed by atoms with Crippen molar-refractivity contribution in [2.75, 3.05) is 13.2 Å². The van der Waals surface area contributed by atoms with Gasteiger partial charge in [0.1, 0.15) is 5.78 Å². The van der Waals surface area contributed by atoms with E-state index in [1.54, 1.807) is 0 Å². The van der Waals surface area contributed by atoms with Gasteiger partial charge in [-0.3, -0.25) is 14.9 Å². The van der Waals surface area contributed by atoms with E-state index in [0.717, 1.165) is 19.3 Å². The summed E-state index contributed by atoms with van der Waals surface area (Å²) in [6.45, 7) is 0.783. The number of ketones is 1. The number of carbonyl (C=O) groups is 2. The molecular weight excluding hydrogens is 228 g/mol. The van der Waals surface area contributed by atoms with Gasteiger partial charge in [-0.2, -0.15) is 0 Å². The van der Waals surface area contributed by atoms with Gasteiger partial charge in [-0.05, 0) is 12.8 Å². The molecule has 1 amide bonds. The second kappa shape index (κ2) is 10.1. The first-order chi connectivity index (χ1) is 8.79. The van der Waals surface area contributed by atoms with Crippen molar-refractivity contribution in [2.45, 2.75) is 64.2 Å². The van der Waals surface area contributed by atoms with Gasteiger partial charge in [0, 0.05) is 12.8 Å². The molecule has 0 aromatic heterocycles. The van der Waals surface area contributed by atoms with E-state index in [1.807, 2.05) is 0 Å². The number of carbonyl (C=O) groups excluding carboxylic acids is 2. The molecule has 0 atom stereocenters. The summed E-state index contributed by atoms with van der Waals surface area (Å²) in [6, 6.07) is 0. The third-order valence-corrected chi connectivity index (χ3v) is 3.34. The van der Waals surface area contributed by atoms with Gasteiger partial charge in [0.25, 0.3) is 0 Å². The molecule has 0 saturated carbocycles. The second-order valence-electron chi connectivity index (χ2n) is 5.07. The Morgan fingerprint density at radius 1 is 0.722 bits per heavy atom. The van der Waals surface area contributed by atoms with Crippen LogP contribution in [0.2, 0.25) is 0 Å². The first-order valence-electron chi connectivity index (χ1n) is 7.28. The predicted molar refractivity (Wildman–Crippen MR) is 72.2 cm³/mol. The molecule has 4 heteroatoms. The summed E-state index contributed by atoms with van der Waals surface area (Å²) in [4.78, 5) is 22.9. The second-order valence-corrected chi connectivity index (χ2v) is 5.07. The van der Waals surface area contributed by atoms with Crippen molar-refractivity contribution in [3.05, 3.63) is 0 Å². The highest BCUT2D eigenvalue weighted by molar-refractivity contribution is 5.80. The van der Waals surface area contributed by atoms with Gasteiger partial charge >= 0.3 is 0 Å². The number of amides is 1. The molecule has 0 radical (unpaired) electrons. The molecule has 1 saturated heterocycles. The molecule has 1 aliphatic heterocycles. The summed E-state index contributed by atoms with van der Waals surface area (Å²) in [6.07, 6.45) is 10.6. The number of hydrogen-bond acceptors (Lipinski definition) is 3. The molecule has 0 aliphatic carbocycles. The minimum absolute atomic E-state index is 0.0852. The SMILES string of the molecule is O=C1CCCCCCCCCCC(=O)NCNC1. The summed E-state index contributed by atoms with van der Waals surface area (Å²) < 4.78 is 0. The molecule has 104 valence electrons. The van der Waals surface area contributed by atoms with E-state index in [-0.39, 0.29) is 11.7 Å². The highest BCUT2D eigenvalue weighted by atomic mass is 16.1. The molecule has 2 N–H and O–H groups in total. The molecule has 1 fully saturated rings. The van der Waals surface area contributed by atoms with E-state index < -0.39 is 0 Å². The summed E-state index contributed by atoms with van der Waals surface area (Å²) in [5, 5.41) is 5.75. The van der Waals surface area contributed by atoms with Crippen LogP contribution in [0, 0.1) is 0 Å². The third-order valence-electron chi connectivity index (χ3n) is 3.34. The molecule has 0 spiro atoms. The molecule has 18 heavy (non-hydrogen) atoms. The number of nitrogens with one attached hydrogen (secondary N) is 2. The molecule has 1 aliphatic rings. The van der Waals surface area contributed by atoms with E-state index in [4.69, 9.17) is 0 Å². The normalized spacial score (nSPS) is 22.4. The average molecular weight is 254 g/mol. The molecule has 0 aromatic rings. The number of Topliss-reactive ketones (excluding diaryl/α,β-unsaturated/α-hetero) is 1. The number of rotatable bonds is 0. The van der Waals surface area contributed by atoms with Crippen molar-refractivity contribution < 1.29 is 9.59 Å². The third kappa shape index (κ3) is 8.23. The Labute approximate surface area is 110 Å².